The minimum atomic E-state index is -0.841. The Morgan fingerprint density at radius 3 is 2.58 bits per heavy atom. The van der Waals surface area contributed by atoms with Crippen molar-refractivity contribution in [2.75, 3.05) is 13.7 Å². The Morgan fingerprint density at radius 2 is 1.80 bits per heavy atom. The molecule has 1 aromatic heterocycles. The van der Waals surface area contributed by atoms with Gasteiger partial charge < -0.3 is 28.9 Å². The zero-order valence-electron chi connectivity index (χ0n) is 21.8. The average molecular weight is 547 g/mol. The van der Waals surface area contributed by atoms with Crippen LogP contribution in [0.15, 0.2) is 83.5 Å². The van der Waals surface area contributed by atoms with Gasteiger partial charge in [0.2, 0.25) is 5.69 Å². The van der Waals surface area contributed by atoms with Gasteiger partial charge in [0.15, 0.2) is 18.1 Å². The van der Waals surface area contributed by atoms with E-state index >= 15 is 0 Å². The van der Waals surface area contributed by atoms with E-state index in [2.05, 4.69) is 5.16 Å². The van der Waals surface area contributed by atoms with E-state index in [0.29, 0.717) is 33.2 Å². The van der Waals surface area contributed by atoms with Gasteiger partial charge in [-0.1, -0.05) is 48.5 Å². The van der Waals surface area contributed by atoms with Crippen molar-refractivity contribution in [1.29, 1.82) is 0 Å². The number of esters is 1. The van der Waals surface area contributed by atoms with Crippen LogP contribution in [-0.2, 0) is 27.5 Å². The topological polar surface area (TPSA) is 133 Å². The highest BCUT2D eigenvalue weighted by molar-refractivity contribution is 5.87. The number of rotatable bonds is 11. The number of ether oxygens (including phenoxy) is 5. The van der Waals surface area contributed by atoms with Crippen LogP contribution in [0.4, 0.5) is 4.79 Å². The van der Waals surface area contributed by atoms with Gasteiger partial charge in [0.1, 0.15) is 12.4 Å². The van der Waals surface area contributed by atoms with Gasteiger partial charge in [-0.3, -0.25) is 4.63 Å². The second-order valence-electron chi connectivity index (χ2n) is 8.16. The standard InChI is InChI=1S/C29H26N2O9/c1-3-36-29(33)39-25-14-12-20(17-26(25)35-2)13-15-27(32)38-18-21-8-7-11-23(16-21)37-19-24-28(30-40-31(24)34)22-9-5-4-6-10-22/h4-17H,3,18-19H2,1-2H3/b15-13+. The van der Waals surface area contributed by atoms with Crippen LogP contribution < -0.4 is 19.1 Å². The molecule has 206 valence electrons. The Kier molecular flexibility index (Phi) is 9.33. The average Bonchev–Trinajstić information content (AvgIpc) is 3.35. The van der Waals surface area contributed by atoms with Crippen LogP contribution in [0.1, 0.15) is 23.7 Å². The van der Waals surface area contributed by atoms with Crippen LogP contribution in [0.2, 0.25) is 0 Å². The van der Waals surface area contributed by atoms with E-state index in [1.54, 1.807) is 49.4 Å². The number of hydrogen-bond acceptors (Lipinski definition) is 10. The van der Waals surface area contributed by atoms with Gasteiger partial charge in [0, 0.05) is 16.8 Å². The zero-order chi connectivity index (χ0) is 28.3. The molecule has 40 heavy (non-hydrogen) atoms. The van der Waals surface area contributed by atoms with Crippen LogP contribution in [0.3, 0.4) is 0 Å². The van der Waals surface area contributed by atoms with Crippen molar-refractivity contribution in [1.82, 2.24) is 5.16 Å². The summed E-state index contributed by atoms with van der Waals surface area (Å²) in [6.07, 6.45) is 1.97. The quantitative estimate of drug-likeness (QED) is 0.111. The first-order chi connectivity index (χ1) is 19.5. The van der Waals surface area contributed by atoms with Gasteiger partial charge in [-0.25, -0.2) is 9.59 Å². The summed E-state index contributed by atoms with van der Waals surface area (Å²) in [5.74, 6) is 0.390. The third-order valence-electron chi connectivity index (χ3n) is 5.46. The van der Waals surface area contributed by atoms with E-state index in [1.165, 1.54) is 19.3 Å². The molecule has 0 unspecified atom stereocenters. The molecule has 11 nitrogen and oxygen atoms in total. The lowest BCUT2D eigenvalue weighted by Crippen LogP contribution is -2.29. The minimum Gasteiger partial charge on any atom is -0.493 e. The number of hydrogen-bond donors (Lipinski definition) is 0. The van der Waals surface area contributed by atoms with Gasteiger partial charge in [0.25, 0.3) is 5.69 Å². The predicted octanol–water partition coefficient (Wildman–Crippen LogP) is 4.85. The fraction of sp³-hybridized carbons (Fsp3) is 0.172. The van der Waals surface area contributed by atoms with Crippen molar-refractivity contribution < 1.29 is 42.8 Å². The Labute approximate surface area is 229 Å². The van der Waals surface area contributed by atoms with Crippen LogP contribution in [-0.4, -0.2) is 31.0 Å². The molecule has 0 aliphatic rings. The van der Waals surface area contributed by atoms with Gasteiger partial charge in [-0.05, 0) is 53.3 Å². The van der Waals surface area contributed by atoms with Crippen LogP contribution in [0, 0.1) is 5.21 Å². The fourth-order valence-electron chi connectivity index (χ4n) is 3.56. The van der Waals surface area contributed by atoms with Crippen molar-refractivity contribution in [3.63, 3.8) is 0 Å². The molecule has 0 radical (unpaired) electrons. The first-order valence-corrected chi connectivity index (χ1v) is 12.2. The van der Waals surface area contributed by atoms with Gasteiger partial charge in [-0.2, -0.15) is 0 Å². The summed E-state index contributed by atoms with van der Waals surface area (Å²) in [4.78, 5) is 24.2. The molecular formula is C29H26N2O9. The number of methoxy groups -OCH3 is 1. The molecule has 0 saturated heterocycles. The lowest BCUT2D eigenvalue weighted by atomic mass is 10.1. The molecule has 4 rings (SSSR count). The summed E-state index contributed by atoms with van der Waals surface area (Å²) < 4.78 is 31.0. The Balaban J connectivity index is 1.32. The van der Waals surface area contributed by atoms with Gasteiger partial charge >= 0.3 is 12.1 Å². The maximum absolute atomic E-state index is 12.3. The molecule has 11 heteroatoms. The van der Waals surface area contributed by atoms with Crippen LogP contribution in [0.5, 0.6) is 17.2 Å². The van der Waals surface area contributed by atoms with Crippen LogP contribution >= 0.6 is 0 Å². The number of aromatic nitrogens is 2. The monoisotopic (exact) mass is 546 g/mol. The summed E-state index contributed by atoms with van der Waals surface area (Å²) in [7, 11) is 1.43. The maximum atomic E-state index is 12.3. The Morgan fingerprint density at radius 1 is 0.975 bits per heavy atom. The normalized spacial score (nSPS) is 10.8. The second kappa shape index (κ2) is 13.5. The lowest BCUT2D eigenvalue weighted by molar-refractivity contribution is -0.808. The minimum absolute atomic E-state index is 0.0000984. The summed E-state index contributed by atoms with van der Waals surface area (Å²) >= 11 is 0. The Hall–Kier alpha value is -5.32. The predicted molar refractivity (Wildman–Crippen MR) is 141 cm³/mol. The smallest absolute Gasteiger partial charge is 0.493 e. The van der Waals surface area contributed by atoms with Gasteiger partial charge in [-0.15, -0.1) is 0 Å². The molecule has 1 heterocycles. The first-order valence-electron chi connectivity index (χ1n) is 12.2. The summed E-state index contributed by atoms with van der Waals surface area (Å²) in [5, 5.41) is 15.9. The van der Waals surface area contributed by atoms with Crippen molar-refractivity contribution in [3.8, 4) is 28.5 Å². The molecular weight excluding hydrogens is 520 g/mol. The van der Waals surface area contributed by atoms with Crippen molar-refractivity contribution in [2.45, 2.75) is 20.1 Å². The Bertz CT molecular complexity index is 1480. The summed E-state index contributed by atoms with van der Waals surface area (Å²) in [6.45, 7) is 1.78. The summed E-state index contributed by atoms with van der Waals surface area (Å²) in [5.41, 5.74) is 2.66. The molecule has 4 aromatic rings. The fourth-order valence-corrected chi connectivity index (χ4v) is 3.56. The molecule has 0 saturated carbocycles. The van der Waals surface area contributed by atoms with E-state index in [0.717, 1.165) is 5.56 Å². The first kappa shape index (κ1) is 27.7. The molecule has 0 bridgehead atoms. The number of nitrogens with zero attached hydrogens (tertiary/aromatic N) is 2. The third-order valence-corrected chi connectivity index (χ3v) is 5.46. The molecule has 0 amide bonds. The maximum Gasteiger partial charge on any atom is 0.513 e. The van der Waals surface area contributed by atoms with Gasteiger partial charge in [0.05, 0.1) is 13.7 Å². The van der Waals surface area contributed by atoms with E-state index in [4.69, 9.17) is 28.3 Å². The highest BCUT2D eigenvalue weighted by Crippen LogP contribution is 2.29. The van der Waals surface area contributed by atoms with Crippen molar-refractivity contribution in [3.05, 3.63) is 101 Å². The van der Waals surface area contributed by atoms with E-state index < -0.39 is 12.1 Å². The number of benzene rings is 3. The number of carbonyl (C=O) groups is 2. The molecule has 0 aliphatic carbocycles. The molecule has 0 aliphatic heterocycles. The lowest BCUT2D eigenvalue weighted by Gasteiger charge is -2.09. The highest BCUT2D eigenvalue weighted by atomic mass is 16.8. The molecule has 3 aromatic carbocycles. The number of carbonyl (C=O) groups excluding carboxylic acids is 2. The third kappa shape index (κ3) is 7.38. The van der Waals surface area contributed by atoms with E-state index in [-0.39, 0.29) is 31.3 Å². The van der Waals surface area contributed by atoms with Crippen molar-refractivity contribution in [2.24, 2.45) is 0 Å². The largest absolute Gasteiger partial charge is 0.513 e. The molecule has 0 spiro atoms. The molecule has 0 fully saturated rings. The zero-order valence-corrected chi connectivity index (χ0v) is 21.8. The molecule has 0 atom stereocenters. The SMILES string of the molecule is CCOC(=O)Oc1ccc(/C=C/C(=O)OCc2cccc(OCc3c(-c4ccccc4)no[n+]3[O-])c2)cc1OC. The van der Waals surface area contributed by atoms with E-state index in [9.17, 15) is 14.8 Å². The van der Waals surface area contributed by atoms with Crippen LogP contribution in [0.25, 0.3) is 17.3 Å². The molecule has 0 N–H and O–H groups in total. The highest BCUT2D eigenvalue weighted by Gasteiger charge is 2.21. The van der Waals surface area contributed by atoms with Crippen molar-refractivity contribution >= 4 is 18.2 Å². The van der Waals surface area contributed by atoms with E-state index in [1.807, 2.05) is 30.3 Å². The second-order valence-corrected chi connectivity index (χ2v) is 8.16. The summed E-state index contributed by atoms with van der Waals surface area (Å²) in [6, 6.07) is 20.9.